The van der Waals surface area contributed by atoms with E-state index >= 15 is 0 Å². The molecule has 2 heterocycles. The summed E-state index contributed by atoms with van der Waals surface area (Å²) in [6.07, 6.45) is 0.670. The number of halogens is 1. The monoisotopic (exact) mass is 382 g/mol. The highest BCUT2D eigenvalue weighted by Gasteiger charge is 2.16. The van der Waals surface area contributed by atoms with Gasteiger partial charge in [-0.05, 0) is 12.1 Å². The van der Waals surface area contributed by atoms with Crippen molar-refractivity contribution in [3.05, 3.63) is 64.4 Å². The first-order chi connectivity index (χ1) is 13.1. The minimum absolute atomic E-state index is 0.212. The van der Waals surface area contributed by atoms with Gasteiger partial charge in [0.2, 0.25) is 6.29 Å². The number of anilines is 1. The molecule has 7 nitrogen and oxygen atoms in total. The van der Waals surface area contributed by atoms with Gasteiger partial charge in [0.15, 0.2) is 0 Å². The predicted molar refractivity (Wildman–Crippen MR) is 100 cm³/mol. The number of fused-ring (bicyclic) bond motifs is 1. The summed E-state index contributed by atoms with van der Waals surface area (Å²) in [5.74, 6) is -0.159. The van der Waals surface area contributed by atoms with Gasteiger partial charge in [-0.25, -0.2) is 9.97 Å². The normalized spacial score (nSPS) is 10.8. The molecule has 8 heteroatoms. The van der Waals surface area contributed by atoms with Crippen LogP contribution in [0.4, 0.5) is 5.82 Å². The number of methoxy groups -OCH3 is 2. The van der Waals surface area contributed by atoms with Crippen molar-refractivity contribution in [2.75, 3.05) is 19.5 Å². The van der Waals surface area contributed by atoms with Crippen LogP contribution < -0.4 is 5.32 Å². The van der Waals surface area contributed by atoms with E-state index in [1.54, 1.807) is 18.2 Å². The fourth-order valence-corrected chi connectivity index (χ4v) is 2.77. The molecular weight excluding hydrogens is 368 g/mol. The average molecular weight is 383 g/mol. The Morgan fingerprint density at radius 3 is 2.70 bits per heavy atom. The van der Waals surface area contributed by atoms with Crippen molar-refractivity contribution < 1.29 is 14.3 Å². The van der Waals surface area contributed by atoms with Gasteiger partial charge in [-0.15, -0.1) is 0 Å². The van der Waals surface area contributed by atoms with Gasteiger partial charge in [-0.2, -0.15) is 5.26 Å². The topological polar surface area (TPSA) is 97.1 Å². The van der Waals surface area contributed by atoms with Gasteiger partial charge in [0, 0.05) is 31.9 Å². The maximum Gasteiger partial charge on any atom is 0.259 e. The molecule has 136 valence electrons. The number of ether oxygens (including phenoxy) is 2. The lowest BCUT2D eigenvalue weighted by Gasteiger charge is -2.14. The van der Waals surface area contributed by atoms with Gasteiger partial charge in [-0.1, -0.05) is 29.8 Å². The van der Waals surface area contributed by atoms with Crippen LogP contribution in [0, 0.1) is 11.3 Å². The molecule has 3 aromatic rings. The Hall–Kier alpha value is -3.05. The number of nitriles is 1. The minimum atomic E-state index is -0.635. The van der Waals surface area contributed by atoms with E-state index in [2.05, 4.69) is 15.3 Å². The highest BCUT2D eigenvalue weighted by atomic mass is 35.5. The molecule has 0 aliphatic carbocycles. The molecule has 27 heavy (non-hydrogen) atoms. The molecule has 1 N–H and O–H groups in total. The highest BCUT2D eigenvalue weighted by Crippen LogP contribution is 2.23. The van der Waals surface area contributed by atoms with Crippen molar-refractivity contribution in [1.29, 1.82) is 5.26 Å². The summed E-state index contributed by atoms with van der Waals surface area (Å²) < 4.78 is 10.5. The molecule has 0 saturated heterocycles. The van der Waals surface area contributed by atoms with Gasteiger partial charge in [-0.3, -0.25) is 4.79 Å². The molecule has 2 aromatic heterocycles. The van der Waals surface area contributed by atoms with E-state index in [1.165, 1.54) is 26.5 Å². The first kappa shape index (κ1) is 18.7. The highest BCUT2D eigenvalue weighted by molar-refractivity contribution is 6.32. The van der Waals surface area contributed by atoms with Crippen LogP contribution in [0.5, 0.6) is 0 Å². The lowest BCUT2D eigenvalue weighted by Crippen LogP contribution is -2.14. The van der Waals surface area contributed by atoms with Crippen molar-refractivity contribution in [2.45, 2.75) is 6.29 Å². The van der Waals surface area contributed by atoms with Crippen LogP contribution in [-0.4, -0.2) is 30.1 Å². The fraction of sp³-hybridized carbons (Fsp3) is 0.158. The summed E-state index contributed by atoms with van der Waals surface area (Å²) in [7, 11) is 3.03. The van der Waals surface area contributed by atoms with Crippen LogP contribution in [0.2, 0.25) is 5.02 Å². The molecule has 0 fully saturated rings. The van der Waals surface area contributed by atoms with Crippen LogP contribution in [0.25, 0.3) is 10.9 Å². The number of hydrogen-bond donors (Lipinski definition) is 1. The number of para-hydroxylation sites is 1. The Morgan fingerprint density at radius 2 is 2.04 bits per heavy atom. The van der Waals surface area contributed by atoms with Gasteiger partial charge in [0.05, 0.1) is 27.4 Å². The van der Waals surface area contributed by atoms with Crippen molar-refractivity contribution in [2.24, 2.45) is 0 Å². The van der Waals surface area contributed by atoms with Gasteiger partial charge in [0.1, 0.15) is 11.9 Å². The molecule has 0 spiro atoms. The molecule has 3 rings (SSSR count). The van der Waals surface area contributed by atoms with Crippen molar-refractivity contribution >= 4 is 34.2 Å². The zero-order valence-electron chi connectivity index (χ0n) is 14.6. The van der Waals surface area contributed by atoms with E-state index in [0.717, 1.165) is 5.39 Å². The van der Waals surface area contributed by atoms with Crippen LogP contribution >= 0.6 is 11.6 Å². The lowest BCUT2D eigenvalue weighted by molar-refractivity contribution is -0.108. The fourth-order valence-electron chi connectivity index (χ4n) is 2.58. The number of aromatic nitrogens is 2. The number of hydrogen-bond acceptors (Lipinski definition) is 6. The Bertz CT molecular complexity index is 1040. The summed E-state index contributed by atoms with van der Waals surface area (Å²) in [4.78, 5) is 21.3. The van der Waals surface area contributed by atoms with Gasteiger partial charge < -0.3 is 14.8 Å². The number of pyridine rings is 2. The van der Waals surface area contributed by atoms with Crippen molar-refractivity contribution in [1.82, 2.24) is 9.97 Å². The smallest absolute Gasteiger partial charge is 0.259 e. The molecule has 0 saturated carbocycles. The molecule has 0 aliphatic heterocycles. The molecule has 1 amide bonds. The predicted octanol–water partition coefficient (Wildman–Crippen LogP) is 3.70. The summed E-state index contributed by atoms with van der Waals surface area (Å²) in [5, 5.41) is 12.6. The number of nitrogens with one attached hydrogen (secondary N) is 1. The van der Waals surface area contributed by atoms with E-state index in [4.69, 9.17) is 26.3 Å². The number of carbonyl (C=O) groups is 1. The Labute approximate surface area is 160 Å². The SMILES string of the molecule is COC(OC)c1ccc2cccc(C(=O)Nc3cc(Cl)c(C#N)cn3)c2n1. The molecule has 0 unspecified atom stereocenters. The molecular formula is C19H15ClN4O3. The number of benzene rings is 1. The molecule has 0 radical (unpaired) electrons. The zero-order valence-corrected chi connectivity index (χ0v) is 15.3. The minimum Gasteiger partial charge on any atom is -0.350 e. The first-order valence-corrected chi connectivity index (χ1v) is 8.27. The third-order valence-electron chi connectivity index (χ3n) is 3.87. The summed E-state index contributed by atoms with van der Waals surface area (Å²) in [6, 6.07) is 12.3. The zero-order chi connectivity index (χ0) is 19.4. The van der Waals surface area contributed by atoms with Crippen molar-refractivity contribution in [3.63, 3.8) is 0 Å². The van der Waals surface area contributed by atoms with Crippen LogP contribution in [-0.2, 0) is 9.47 Å². The van der Waals surface area contributed by atoms with E-state index in [-0.39, 0.29) is 16.4 Å². The maximum atomic E-state index is 12.8. The van der Waals surface area contributed by atoms with E-state index in [0.29, 0.717) is 16.8 Å². The number of rotatable bonds is 5. The van der Waals surface area contributed by atoms with E-state index in [9.17, 15) is 4.79 Å². The maximum absolute atomic E-state index is 12.8. The second kappa shape index (κ2) is 8.10. The Morgan fingerprint density at radius 1 is 1.26 bits per heavy atom. The molecule has 0 atom stereocenters. The largest absolute Gasteiger partial charge is 0.350 e. The van der Waals surface area contributed by atoms with Crippen LogP contribution in [0.3, 0.4) is 0 Å². The summed E-state index contributed by atoms with van der Waals surface area (Å²) in [6.45, 7) is 0. The second-order valence-electron chi connectivity index (χ2n) is 5.53. The standard InChI is InChI=1S/C19H15ClN4O3/c1-26-19(27-2)15-7-6-11-4-3-5-13(17(11)23-15)18(25)24-16-8-14(20)12(9-21)10-22-16/h3-8,10,19H,1-2H3,(H,22,24,25). The van der Waals surface area contributed by atoms with E-state index in [1.807, 2.05) is 18.2 Å². The quantitative estimate of drug-likeness (QED) is 0.676. The Kier molecular flexibility index (Phi) is 5.62. The number of nitrogens with zero attached hydrogens (tertiary/aromatic N) is 3. The first-order valence-electron chi connectivity index (χ1n) is 7.89. The number of amides is 1. The van der Waals surface area contributed by atoms with Gasteiger partial charge in [0.25, 0.3) is 5.91 Å². The molecule has 1 aromatic carbocycles. The molecule has 0 aliphatic rings. The third-order valence-corrected chi connectivity index (χ3v) is 4.18. The van der Waals surface area contributed by atoms with Gasteiger partial charge >= 0.3 is 0 Å². The third kappa shape index (κ3) is 3.88. The van der Waals surface area contributed by atoms with E-state index < -0.39 is 12.2 Å². The van der Waals surface area contributed by atoms with Crippen molar-refractivity contribution in [3.8, 4) is 6.07 Å². The number of carbonyl (C=O) groups excluding carboxylic acids is 1. The Balaban J connectivity index is 1.97. The summed E-state index contributed by atoms with van der Waals surface area (Å²) >= 11 is 5.99. The van der Waals surface area contributed by atoms with Crippen LogP contribution in [0.15, 0.2) is 42.6 Å². The van der Waals surface area contributed by atoms with Crippen LogP contribution in [0.1, 0.15) is 27.9 Å². The average Bonchev–Trinajstić information content (AvgIpc) is 2.68. The molecule has 0 bridgehead atoms. The summed E-state index contributed by atoms with van der Waals surface area (Å²) in [5.41, 5.74) is 1.65. The second-order valence-corrected chi connectivity index (χ2v) is 5.94. The lowest BCUT2D eigenvalue weighted by atomic mass is 10.1.